The normalized spacial score (nSPS) is 23.6. The Morgan fingerprint density at radius 3 is 3.00 bits per heavy atom. The highest BCUT2D eigenvalue weighted by molar-refractivity contribution is 5.93. The van der Waals surface area contributed by atoms with Crippen molar-refractivity contribution in [3.8, 4) is 12.1 Å². The first-order chi connectivity index (χ1) is 18.1. The van der Waals surface area contributed by atoms with E-state index in [0.29, 0.717) is 25.6 Å². The summed E-state index contributed by atoms with van der Waals surface area (Å²) in [4.78, 5) is 19.0. The minimum atomic E-state index is -0.0473. The summed E-state index contributed by atoms with van der Waals surface area (Å²) >= 11 is 0. The number of aromatic nitrogens is 3. The zero-order valence-electron chi connectivity index (χ0n) is 21.4. The van der Waals surface area contributed by atoms with Crippen molar-refractivity contribution in [1.82, 2.24) is 25.6 Å². The van der Waals surface area contributed by atoms with Crippen molar-refractivity contribution in [2.45, 2.75) is 50.7 Å². The second-order valence-corrected chi connectivity index (χ2v) is 10.6. The predicted octanol–water partition coefficient (Wildman–Crippen LogP) is 2.80. The van der Waals surface area contributed by atoms with E-state index in [1.807, 2.05) is 12.4 Å². The Kier molecular flexibility index (Phi) is 6.53. The molecule has 3 aliphatic rings. The second-order valence-electron chi connectivity index (χ2n) is 10.6. The molecular formula is C28H34N8O. The molecule has 0 bridgehead atoms. The zero-order valence-corrected chi connectivity index (χ0v) is 21.4. The molecule has 3 aromatic rings. The number of rotatable bonds is 6. The van der Waals surface area contributed by atoms with Crippen molar-refractivity contribution in [3.05, 3.63) is 47.9 Å². The summed E-state index contributed by atoms with van der Waals surface area (Å²) < 4.78 is 6.27. The van der Waals surface area contributed by atoms with Gasteiger partial charge in [-0.1, -0.05) is 12.1 Å². The Labute approximate surface area is 217 Å². The van der Waals surface area contributed by atoms with Crippen molar-refractivity contribution in [3.63, 3.8) is 0 Å². The van der Waals surface area contributed by atoms with Gasteiger partial charge in [0.05, 0.1) is 24.7 Å². The van der Waals surface area contributed by atoms with Gasteiger partial charge in [-0.2, -0.15) is 15.2 Å². The summed E-state index contributed by atoms with van der Waals surface area (Å²) in [5.74, 6) is 0.966. The minimum absolute atomic E-state index is 0.0473. The van der Waals surface area contributed by atoms with Crippen LogP contribution in [0.3, 0.4) is 0 Å². The van der Waals surface area contributed by atoms with Crippen molar-refractivity contribution >= 4 is 22.3 Å². The molecule has 5 heterocycles. The maximum absolute atomic E-state index is 9.25. The SMILES string of the molecule is C[C@@]1(COc2nc3c(c(N4CCNC(CC#N)C4)n2)CCN(c2cccc4ccncc24)C3)CCCN1. The maximum Gasteiger partial charge on any atom is 0.318 e. The predicted molar refractivity (Wildman–Crippen MR) is 144 cm³/mol. The van der Waals surface area contributed by atoms with Crippen LogP contribution in [0.15, 0.2) is 36.7 Å². The van der Waals surface area contributed by atoms with Crippen LogP contribution in [-0.4, -0.2) is 65.9 Å². The lowest BCUT2D eigenvalue weighted by Crippen LogP contribution is -2.51. The van der Waals surface area contributed by atoms with Crippen LogP contribution >= 0.6 is 0 Å². The van der Waals surface area contributed by atoms with Crippen molar-refractivity contribution in [2.75, 3.05) is 49.1 Å². The van der Waals surface area contributed by atoms with E-state index in [1.165, 1.54) is 16.6 Å². The van der Waals surface area contributed by atoms with Gasteiger partial charge in [-0.3, -0.25) is 4.98 Å². The molecule has 0 amide bonds. The van der Waals surface area contributed by atoms with Crippen molar-refractivity contribution in [2.24, 2.45) is 0 Å². The molecule has 37 heavy (non-hydrogen) atoms. The molecule has 9 nitrogen and oxygen atoms in total. The van der Waals surface area contributed by atoms with Gasteiger partial charge in [0.25, 0.3) is 0 Å². The van der Waals surface area contributed by atoms with Gasteiger partial charge >= 0.3 is 6.01 Å². The lowest BCUT2D eigenvalue weighted by molar-refractivity contribution is 0.198. The number of anilines is 2. The van der Waals surface area contributed by atoms with Crippen LogP contribution in [0.5, 0.6) is 6.01 Å². The summed E-state index contributed by atoms with van der Waals surface area (Å²) in [7, 11) is 0. The lowest BCUT2D eigenvalue weighted by atomic mass is 10.0. The zero-order chi connectivity index (χ0) is 25.2. The van der Waals surface area contributed by atoms with E-state index < -0.39 is 0 Å². The highest BCUT2D eigenvalue weighted by Crippen LogP contribution is 2.34. The molecule has 1 aromatic carbocycles. The molecule has 0 aliphatic carbocycles. The molecule has 6 rings (SSSR count). The van der Waals surface area contributed by atoms with Crippen LogP contribution < -0.4 is 25.2 Å². The number of nitrogens with one attached hydrogen (secondary N) is 2. The van der Waals surface area contributed by atoms with Crippen LogP contribution in [0.25, 0.3) is 10.8 Å². The molecule has 2 aromatic heterocycles. The molecule has 1 unspecified atom stereocenters. The molecule has 2 fully saturated rings. The Morgan fingerprint density at radius 2 is 2.14 bits per heavy atom. The third kappa shape index (κ3) is 4.91. The Hall–Kier alpha value is -3.48. The number of hydrogen-bond acceptors (Lipinski definition) is 9. The van der Waals surface area contributed by atoms with Gasteiger partial charge in [0, 0.05) is 66.8 Å². The molecule has 9 heteroatoms. The van der Waals surface area contributed by atoms with E-state index in [1.54, 1.807) is 0 Å². The third-order valence-electron chi connectivity index (χ3n) is 7.89. The quantitative estimate of drug-likeness (QED) is 0.531. The molecule has 0 radical (unpaired) electrons. The van der Waals surface area contributed by atoms with Gasteiger partial charge in [-0.25, -0.2) is 0 Å². The minimum Gasteiger partial charge on any atom is -0.461 e. The van der Waals surface area contributed by atoms with Gasteiger partial charge in [-0.05, 0) is 50.2 Å². The summed E-state index contributed by atoms with van der Waals surface area (Å²) in [6, 6.07) is 11.4. The smallest absolute Gasteiger partial charge is 0.318 e. The van der Waals surface area contributed by atoms with Gasteiger partial charge in [-0.15, -0.1) is 0 Å². The molecule has 2 saturated heterocycles. The summed E-state index contributed by atoms with van der Waals surface area (Å²) in [6.45, 7) is 7.79. The number of nitriles is 1. The largest absolute Gasteiger partial charge is 0.461 e. The van der Waals surface area contributed by atoms with Gasteiger partial charge < -0.3 is 25.2 Å². The van der Waals surface area contributed by atoms with E-state index in [0.717, 1.165) is 68.9 Å². The standard InChI is InChI=1S/C28H34N8O/c1-28(9-3-11-32-28)19-37-27-33-24-18-35(25-5-2-4-20-7-12-30-16-23(20)25)14-8-22(24)26(34-27)36-15-13-31-21(17-36)6-10-29/h2,4-5,7,12,16,21,31-32H,3,6,8-9,11,13-15,17-19H2,1H3/t21?,28-/m0/s1. The average molecular weight is 499 g/mol. The van der Waals surface area contributed by atoms with E-state index in [2.05, 4.69) is 62.7 Å². The van der Waals surface area contributed by atoms with E-state index in [4.69, 9.17) is 14.7 Å². The van der Waals surface area contributed by atoms with Crippen LogP contribution in [-0.2, 0) is 13.0 Å². The fourth-order valence-electron chi connectivity index (χ4n) is 5.86. The highest BCUT2D eigenvalue weighted by atomic mass is 16.5. The third-order valence-corrected chi connectivity index (χ3v) is 7.89. The Balaban J connectivity index is 1.33. The first-order valence-corrected chi connectivity index (χ1v) is 13.3. The Bertz CT molecular complexity index is 1310. The van der Waals surface area contributed by atoms with Gasteiger partial charge in [0.15, 0.2) is 0 Å². The number of nitrogens with zero attached hydrogens (tertiary/aromatic N) is 6. The molecule has 0 saturated carbocycles. The van der Waals surface area contributed by atoms with Crippen LogP contribution in [0, 0.1) is 11.3 Å². The maximum atomic E-state index is 9.25. The average Bonchev–Trinajstić information content (AvgIpc) is 3.38. The lowest BCUT2D eigenvalue weighted by Gasteiger charge is -2.37. The van der Waals surface area contributed by atoms with Crippen LogP contribution in [0.4, 0.5) is 11.5 Å². The molecule has 0 spiro atoms. The number of pyridine rings is 1. The number of hydrogen-bond donors (Lipinski definition) is 2. The Morgan fingerprint density at radius 1 is 1.19 bits per heavy atom. The van der Waals surface area contributed by atoms with Crippen molar-refractivity contribution in [1.29, 1.82) is 5.26 Å². The van der Waals surface area contributed by atoms with E-state index in [-0.39, 0.29) is 11.6 Å². The summed E-state index contributed by atoms with van der Waals surface area (Å²) in [6.07, 6.45) is 7.38. The number of fused-ring (bicyclic) bond motifs is 2. The first kappa shape index (κ1) is 23.9. The second kappa shape index (κ2) is 10.1. The van der Waals surface area contributed by atoms with Crippen molar-refractivity contribution < 1.29 is 4.74 Å². The summed E-state index contributed by atoms with van der Waals surface area (Å²) in [5, 5.41) is 18.6. The van der Waals surface area contributed by atoms with Gasteiger partial charge in [0.1, 0.15) is 12.4 Å². The number of piperazine rings is 1. The van der Waals surface area contributed by atoms with E-state index >= 15 is 0 Å². The fraction of sp³-hybridized carbons (Fsp3) is 0.500. The summed E-state index contributed by atoms with van der Waals surface area (Å²) in [5.41, 5.74) is 3.35. The highest BCUT2D eigenvalue weighted by Gasteiger charge is 2.32. The monoisotopic (exact) mass is 498 g/mol. The number of ether oxygens (including phenoxy) is 1. The molecule has 2 atom stereocenters. The van der Waals surface area contributed by atoms with Gasteiger partial charge in [0.2, 0.25) is 0 Å². The first-order valence-electron chi connectivity index (χ1n) is 13.3. The topological polar surface area (TPSA) is 102 Å². The van der Waals surface area contributed by atoms with Crippen LogP contribution in [0.2, 0.25) is 0 Å². The molecule has 3 aliphatic heterocycles. The van der Waals surface area contributed by atoms with Crippen LogP contribution in [0.1, 0.15) is 37.4 Å². The molecular weight excluding hydrogens is 464 g/mol. The molecule has 192 valence electrons. The van der Waals surface area contributed by atoms with E-state index in [9.17, 15) is 5.26 Å². The number of benzene rings is 1. The molecule has 2 N–H and O–H groups in total. The fourth-order valence-corrected chi connectivity index (χ4v) is 5.86.